The number of para-hydroxylation sites is 1. The van der Waals surface area contributed by atoms with Crippen LogP contribution in [0.15, 0.2) is 54.9 Å². The number of aromatic nitrogens is 2. The molecule has 0 radical (unpaired) electrons. The van der Waals surface area contributed by atoms with E-state index in [9.17, 15) is 0 Å². The van der Waals surface area contributed by atoms with E-state index in [0.29, 0.717) is 5.69 Å². The van der Waals surface area contributed by atoms with Crippen LogP contribution in [-0.4, -0.2) is 15.1 Å². The fourth-order valence-electron chi connectivity index (χ4n) is 1.97. The molecule has 0 saturated carbocycles. The van der Waals surface area contributed by atoms with Crippen LogP contribution < -0.4 is 0 Å². The molecule has 0 aliphatic heterocycles. The highest BCUT2D eigenvalue weighted by Gasteiger charge is 2.02. The van der Waals surface area contributed by atoms with Gasteiger partial charge in [0.15, 0.2) is 0 Å². The largest absolute Gasteiger partial charge is 0.390 e. The molecule has 0 bridgehead atoms. The molecule has 0 spiro atoms. The Labute approximate surface area is 105 Å². The minimum absolute atomic E-state index is 0.0468. The zero-order valence-electron chi connectivity index (χ0n) is 9.74. The van der Waals surface area contributed by atoms with Gasteiger partial charge in [-0.1, -0.05) is 18.2 Å². The van der Waals surface area contributed by atoms with E-state index < -0.39 is 0 Å². The first kappa shape index (κ1) is 10.9. The number of rotatable bonds is 2. The topological polar surface area (TPSA) is 46.0 Å². The van der Waals surface area contributed by atoms with Crippen molar-refractivity contribution >= 4 is 10.9 Å². The lowest BCUT2D eigenvalue weighted by Gasteiger charge is -2.04. The number of benzene rings is 1. The molecule has 0 aliphatic rings. The van der Waals surface area contributed by atoms with Crippen LogP contribution in [0.25, 0.3) is 22.0 Å². The summed E-state index contributed by atoms with van der Waals surface area (Å²) in [6.07, 6.45) is 3.55. The lowest BCUT2D eigenvalue weighted by molar-refractivity contribution is 0.277. The molecule has 0 fully saturated rings. The Balaban J connectivity index is 2.13. The first-order chi connectivity index (χ1) is 8.86. The van der Waals surface area contributed by atoms with Crippen molar-refractivity contribution in [3.05, 3.63) is 60.6 Å². The molecule has 0 aliphatic carbocycles. The number of pyridine rings is 2. The third-order valence-corrected chi connectivity index (χ3v) is 2.90. The molecule has 3 aromatic rings. The van der Waals surface area contributed by atoms with Gasteiger partial charge in [-0.05, 0) is 29.8 Å². The summed E-state index contributed by atoms with van der Waals surface area (Å²) < 4.78 is 0. The van der Waals surface area contributed by atoms with Crippen LogP contribution in [0.1, 0.15) is 5.69 Å². The summed E-state index contributed by atoms with van der Waals surface area (Å²) in [5.41, 5.74) is 3.71. The van der Waals surface area contributed by atoms with Crippen molar-refractivity contribution in [3.63, 3.8) is 0 Å². The van der Waals surface area contributed by atoms with Gasteiger partial charge in [0.2, 0.25) is 0 Å². The molecule has 1 aromatic carbocycles. The first-order valence-corrected chi connectivity index (χ1v) is 5.78. The number of nitrogens with zero attached hydrogens (tertiary/aromatic N) is 2. The molecule has 0 unspecified atom stereocenters. The Hall–Kier alpha value is -2.26. The zero-order valence-corrected chi connectivity index (χ0v) is 9.74. The van der Waals surface area contributed by atoms with Crippen molar-refractivity contribution < 1.29 is 5.11 Å². The summed E-state index contributed by atoms with van der Waals surface area (Å²) in [4.78, 5) is 8.51. The molecule has 0 saturated heterocycles. The van der Waals surface area contributed by atoms with Gasteiger partial charge in [-0.15, -0.1) is 0 Å². The molecule has 0 atom stereocenters. The lowest BCUT2D eigenvalue weighted by atomic mass is 10.1. The van der Waals surface area contributed by atoms with Crippen LogP contribution in [0.2, 0.25) is 0 Å². The third kappa shape index (κ3) is 1.96. The van der Waals surface area contributed by atoms with Gasteiger partial charge >= 0.3 is 0 Å². The molecule has 88 valence electrons. The second-order valence-corrected chi connectivity index (χ2v) is 4.11. The number of fused-ring (bicyclic) bond motifs is 1. The Kier molecular flexibility index (Phi) is 2.74. The van der Waals surface area contributed by atoms with Gasteiger partial charge in [-0.2, -0.15) is 0 Å². The van der Waals surface area contributed by atoms with Crippen molar-refractivity contribution in [2.75, 3.05) is 0 Å². The molecule has 3 nitrogen and oxygen atoms in total. The number of hydrogen-bond donors (Lipinski definition) is 1. The highest BCUT2D eigenvalue weighted by atomic mass is 16.3. The van der Waals surface area contributed by atoms with Crippen LogP contribution in [0.3, 0.4) is 0 Å². The van der Waals surface area contributed by atoms with Crippen molar-refractivity contribution in [2.45, 2.75) is 6.61 Å². The summed E-state index contributed by atoms with van der Waals surface area (Å²) >= 11 is 0. The van der Waals surface area contributed by atoms with E-state index in [1.807, 2.05) is 42.6 Å². The van der Waals surface area contributed by atoms with E-state index in [1.165, 1.54) is 0 Å². The highest BCUT2D eigenvalue weighted by molar-refractivity contribution is 5.83. The molecule has 2 heterocycles. The Morgan fingerprint density at radius 1 is 0.944 bits per heavy atom. The summed E-state index contributed by atoms with van der Waals surface area (Å²) in [5.74, 6) is 0. The molecule has 2 aromatic heterocycles. The highest BCUT2D eigenvalue weighted by Crippen LogP contribution is 2.22. The van der Waals surface area contributed by atoms with Gasteiger partial charge in [-0.3, -0.25) is 9.97 Å². The summed E-state index contributed by atoms with van der Waals surface area (Å²) in [5, 5.41) is 10.2. The average molecular weight is 236 g/mol. The predicted octanol–water partition coefficient (Wildman–Crippen LogP) is 2.79. The van der Waals surface area contributed by atoms with E-state index in [1.54, 1.807) is 6.20 Å². The summed E-state index contributed by atoms with van der Waals surface area (Å²) in [6.45, 7) is -0.0468. The standard InChI is InChI=1S/C15H12N2O/c18-10-14-8-11(5-6-16-14)13-7-12-3-1-2-4-15(12)17-9-13/h1-9,18H,10H2. The second-order valence-electron chi connectivity index (χ2n) is 4.11. The maximum Gasteiger partial charge on any atom is 0.0853 e. The molecule has 3 heteroatoms. The minimum atomic E-state index is -0.0468. The van der Waals surface area contributed by atoms with Crippen LogP contribution in [0.4, 0.5) is 0 Å². The van der Waals surface area contributed by atoms with Crippen LogP contribution in [0, 0.1) is 0 Å². The summed E-state index contributed by atoms with van der Waals surface area (Å²) in [7, 11) is 0. The van der Waals surface area contributed by atoms with Crippen molar-refractivity contribution in [1.29, 1.82) is 0 Å². The maximum absolute atomic E-state index is 9.10. The molecular weight excluding hydrogens is 224 g/mol. The van der Waals surface area contributed by atoms with Crippen molar-refractivity contribution in [3.8, 4) is 11.1 Å². The van der Waals surface area contributed by atoms with Gasteiger partial charge in [-0.25, -0.2) is 0 Å². The van der Waals surface area contributed by atoms with E-state index in [-0.39, 0.29) is 6.61 Å². The number of hydrogen-bond acceptors (Lipinski definition) is 3. The quantitative estimate of drug-likeness (QED) is 0.744. The Morgan fingerprint density at radius 3 is 2.72 bits per heavy atom. The normalized spacial score (nSPS) is 10.7. The minimum Gasteiger partial charge on any atom is -0.390 e. The van der Waals surface area contributed by atoms with Crippen molar-refractivity contribution in [2.24, 2.45) is 0 Å². The lowest BCUT2D eigenvalue weighted by Crippen LogP contribution is -1.89. The number of aliphatic hydroxyl groups is 1. The Bertz CT molecular complexity index is 695. The fourth-order valence-corrected chi connectivity index (χ4v) is 1.97. The smallest absolute Gasteiger partial charge is 0.0853 e. The summed E-state index contributed by atoms with van der Waals surface area (Å²) in [6, 6.07) is 13.9. The van der Waals surface area contributed by atoms with E-state index in [0.717, 1.165) is 22.0 Å². The van der Waals surface area contributed by atoms with E-state index >= 15 is 0 Å². The Morgan fingerprint density at radius 2 is 1.83 bits per heavy atom. The van der Waals surface area contributed by atoms with Gasteiger partial charge in [0.05, 0.1) is 17.8 Å². The predicted molar refractivity (Wildman–Crippen MR) is 70.9 cm³/mol. The van der Waals surface area contributed by atoms with Gasteiger partial charge < -0.3 is 5.11 Å². The molecule has 18 heavy (non-hydrogen) atoms. The maximum atomic E-state index is 9.10. The second kappa shape index (κ2) is 4.55. The SMILES string of the molecule is OCc1cc(-c2cnc3ccccc3c2)ccn1. The van der Waals surface area contributed by atoms with E-state index in [4.69, 9.17) is 5.11 Å². The molecule has 0 amide bonds. The third-order valence-electron chi connectivity index (χ3n) is 2.90. The van der Waals surface area contributed by atoms with Gasteiger partial charge in [0.1, 0.15) is 0 Å². The fraction of sp³-hybridized carbons (Fsp3) is 0.0667. The van der Waals surface area contributed by atoms with Gasteiger partial charge in [0.25, 0.3) is 0 Å². The number of aliphatic hydroxyl groups excluding tert-OH is 1. The first-order valence-electron chi connectivity index (χ1n) is 5.78. The molecular formula is C15H12N2O. The van der Waals surface area contributed by atoms with Crippen LogP contribution in [0.5, 0.6) is 0 Å². The van der Waals surface area contributed by atoms with E-state index in [2.05, 4.69) is 16.0 Å². The monoisotopic (exact) mass is 236 g/mol. The van der Waals surface area contributed by atoms with Crippen LogP contribution >= 0.6 is 0 Å². The molecule has 1 N–H and O–H groups in total. The zero-order chi connectivity index (χ0) is 12.4. The average Bonchev–Trinajstić information content (AvgIpc) is 2.47. The van der Waals surface area contributed by atoms with Crippen molar-refractivity contribution in [1.82, 2.24) is 9.97 Å². The van der Waals surface area contributed by atoms with Crippen LogP contribution in [-0.2, 0) is 6.61 Å². The van der Waals surface area contributed by atoms with Gasteiger partial charge in [0, 0.05) is 23.3 Å². The molecule has 3 rings (SSSR count).